The number of aryl methyl sites for hydroxylation is 2. The number of amides is 1. The first-order valence-corrected chi connectivity index (χ1v) is 6.09. The summed E-state index contributed by atoms with van der Waals surface area (Å²) in [5, 5.41) is 3.88. The molecule has 1 N–H and O–H groups in total. The summed E-state index contributed by atoms with van der Waals surface area (Å²) in [5.41, 5.74) is 2.17. The van der Waals surface area contributed by atoms with Gasteiger partial charge in [0.2, 0.25) is 0 Å². The Hall–Kier alpha value is -1.42. The topological polar surface area (TPSA) is 42.0 Å². The molecule has 2 aromatic heterocycles. The molecule has 0 radical (unpaired) electrons. The van der Waals surface area contributed by atoms with Gasteiger partial charge in [-0.15, -0.1) is 11.3 Å². The van der Waals surface area contributed by atoms with Crippen LogP contribution in [0.3, 0.4) is 0 Å². The molecule has 2 rings (SSSR count). The standard InChI is InChI=1S/C12H14N2OS/c1-4-13-11(15)10-6-9-7(2)5-8(3)14-12(9)16-10/h5-6H,4H2,1-3H3,(H,13,15). The van der Waals surface area contributed by atoms with Crippen molar-refractivity contribution in [2.45, 2.75) is 20.8 Å². The molecule has 4 heteroatoms. The molecule has 0 aromatic carbocycles. The number of thiophene rings is 1. The molecule has 0 unspecified atom stereocenters. The van der Waals surface area contributed by atoms with E-state index in [0.29, 0.717) is 6.54 Å². The Morgan fingerprint density at radius 2 is 2.19 bits per heavy atom. The van der Waals surface area contributed by atoms with Crippen LogP contribution in [0.4, 0.5) is 0 Å². The van der Waals surface area contributed by atoms with Crippen LogP contribution in [0, 0.1) is 13.8 Å². The van der Waals surface area contributed by atoms with Crippen LogP contribution in [0.1, 0.15) is 27.9 Å². The first-order chi connectivity index (χ1) is 7.61. The molecule has 3 nitrogen and oxygen atoms in total. The van der Waals surface area contributed by atoms with Crippen LogP contribution in [0.25, 0.3) is 10.2 Å². The minimum absolute atomic E-state index is 0.0115. The monoisotopic (exact) mass is 234 g/mol. The van der Waals surface area contributed by atoms with Crippen LogP contribution >= 0.6 is 11.3 Å². The van der Waals surface area contributed by atoms with E-state index >= 15 is 0 Å². The minimum atomic E-state index is -0.0115. The van der Waals surface area contributed by atoms with Crippen molar-refractivity contribution in [3.8, 4) is 0 Å². The molecule has 0 aliphatic rings. The van der Waals surface area contributed by atoms with Gasteiger partial charge in [0.1, 0.15) is 4.83 Å². The van der Waals surface area contributed by atoms with E-state index < -0.39 is 0 Å². The van der Waals surface area contributed by atoms with Crippen LogP contribution in [-0.2, 0) is 0 Å². The normalized spacial score (nSPS) is 10.7. The number of fused-ring (bicyclic) bond motifs is 1. The average Bonchev–Trinajstić information content (AvgIpc) is 2.62. The second-order valence-electron chi connectivity index (χ2n) is 3.77. The van der Waals surface area contributed by atoms with E-state index in [4.69, 9.17) is 0 Å². The Balaban J connectivity index is 2.51. The first-order valence-electron chi connectivity index (χ1n) is 5.27. The Morgan fingerprint density at radius 3 is 2.88 bits per heavy atom. The third kappa shape index (κ3) is 1.93. The van der Waals surface area contributed by atoms with Crippen molar-refractivity contribution in [2.75, 3.05) is 6.54 Å². The number of rotatable bonds is 2. The molecule has 1 amide bonds. The lowest BCUT2D eigenvalue weighted by molar-refractivity contribution is 0.0960. The largest absolute Gasteiger partial charge is 0.352 e. The summed E-state index contributed by atoms with van der Waals surface area (Å²) in [5.74, 6) is -0.0115. The predicted molar refractivity (Wildman–Crippen MR) is 67.1 cm³/mol. The van der Waals surface area contributed by atoms with Crippen molar-refractivity contribution in [3.05, 3.63) is 28.3 Å². The maximum atomic E-state index is 11.7. The van der Waals surface area contributed by atoms with Gasteiger partial charge in [-0.2, -0.15) is 0 Å². The fourth-order valence-electron chi connectivity index (χ4n) is 1.69. The van der Waals surface area contributed by atoms with Crippen LogP contribution in [0.5, 0.6) is 0 Å². The van der Waals surface area contributed by atoms with Gasteiger partial charge in [0.05, 0.1) is 4.88 Å². The number of nitrogens with zero attached hydrogens (tertiary/aromatic N) is 1. The fourth-order valence-corrected chi connectivity index (χ4v) is 2.76. The lowest BCUT2D eigenvalue weighted by Crippen LogP contribution is -2.21. The number of carbonyl (C=O) groups is 1. The van der Waals surface area contributed by atoms with E-state index in [0.717, 1.165) is 20.8 Å². The summed E-state index contributed by atoms with van der Waals surface area (Å²) in [6.45, 7) is 6.58. The summed E-state index contributed by atoms with van der Waals surface area (Å²) in [4.78, 5) is 17.8. The third-order valence-electron chi connectivity index (χ3n) is 2.40. The second kappa shape index (κ2) is 4.22. The summed E-state index contributed by atoms with van der Waals surface area (Å²) < 4.78 is 0. The Kier molecular flexibility index (Phi) is 2.92. The quantitative estimate of drug-likeness (QED) is 0.868. The van der Waals surface area contributed by atoms with Crippen LogP contribution in [0.15, 0.2) is 12.1 Å². The molecule has 2 heterocycles. The fraction of sp³-hybridized carbons (Fsp3) is 0.333. The zero-order valence-electron chi connectivity index (χ0n) is 9.63. The maximum absolute atomic E-state index is 11.7. The zero-order valence-corrected chi connectivity index (χ0v) is 10.4. The van der Waals surface area contributed by atoms with Gasteiger partial charge in [-0.05, 0) is 38.5 Å². The Bertz CT molecular complexity index is 545. The van der Waals surface area contributed by atoms with Gasteiger partial charge in [0, 0.05) is 17.6 Å². The van der Waals surface area contributed by atoms with Gasteiger partial charge in [0.25, 0.3) is 5.91 Å². The molecule has 0 aliphatic carbocycles. The first kappa shape index (κ1) is 11.1. The highest BCUT2D eigenvalue weighted by Gasteiger charge is 2.11. The van der Waals surface area contributed by atoms with Gasteiger partial charge >= 0.3 is 0 Å². The lowest BCUT2D eigenvalue weighted by atomic mass is 10.2. The van der Waals surface area contributed by atoms with Crippen molar-refractivity contribution in [1.82, 2.24) is 10.3 Å². The van der Waals surface area contributed by atoms with Gasteiger partial charge < -0.3 is 5.32 Å². The number of pyridine rings is 1. The molecule has 0 saturated heterocycles. The number of hydrogen-bond donors (Lipinski definition) is 1. The number of aromatic nitrogens is 1. The van der Waals surface area contributed by atoms with Gasteiger partial charge in [0.15, 0.2) is 0 Å². The summed E-state index contributed by atoms with van der Waals surface area (Å²) in [6, 6.07) is 3.96. The van der Waals surface area contributed by atoms with Crippen molar-refractivity contribution < 1.29 is 4.79 Å². The molecular weight excluding hydrogens is 220 g/mol. The van der Waals surface area contributed by atoms with Crippen molar-refractivity contribution in [1.29, 1.82) is 0 Å². The van der Waals surface area contributed by atoms with E-state index in [1.54, 1.807) is 0 Å². The van der Waals surface area contributed by atoms with Crippen LogP contribution in [0.2, 0.25) is 0 Å². The van der Waals surface area contributed by atoms with Crippen molar-refractivity contribution in [2.24, 2.45) is 0 Å². The van der Waals surface area contributed by atoms with E-state index in [1.165, 1.54) is 16.9 Å². The van der Waals surface area contributed by atoms with Gasteiger partial charge in [-0.1, -0.05) is 0 Å². The van der Waals surface area contributed by atoms with Crippen molar-refractivity contribution in [3.63, 3.8) is 0 Å². The Labute approximate surface area is 98.5 Å². The zero-order chi connectivity index (χ0) is 11.7. The highest BCUT2D eigenvalue weighted by atomic mass is 32.1. The molecule has 0 bridgehead atoms. The van der Waals surface area contributed by atoms with E-state index in [1.807, 2.05) is 32.9 Å². The molecule has 0 fully saturated rings. The lowest BCUT2D eigenvalue weighted by Gasteiger charge is -1.96. The molecule has 0 aliphatic heterocycles. The summed E-state index contributed by atoms with van der Waals surface area (Å²) >= 11 is 1.45. The van der Waals surface area contributed by atoms with Crippen LogP contribution in [-0.4, -0.2) is 17.4 Å². The number of hydrogen-bond acceptors (Lipinski definition) is 3. The molecule has 0 spiro atoms. The molecule has 2 aromatic rings. The van der Waals surface area contributed by atoms with Crippen molar-refractivity contribution >= 4 is 27.5 Å². The predicted octanol–water partition coefficient (Wildman–Crippen LogP) is 2.66. The molecule has 84 valence electrons. The molecule has 0 atom stereocenters. The molecule has 0 saturated carbocycles. The minimum Gasteiger partial charge on any atom is -0.352 e. The Morgan fingerprint density at radius 1 is 1.44 bits per heavy atom. The number of carbonyl (C=O) groups excluding carboxylic acids is 1. The van der Waals surface area contributed by atoms with E-state index in [9.17, 15) is 4.79 Å². The van der Waals surface area contributed by atoms with Gasteiger partial charge in [-0.3, -0.25) is 4.79 Å². The highest BCUT2D eigenvalue weighted by Crippen LogP contribution is 2.26. The second-order valence-corrected chi connectivity index (χ2v) is 4.80. The molecule has 16 heavy (non-hydrogen) atoms. The van der Waals surface area contributed by atoms with E-state index in [-0.39, 0.29) is 5.91 Å². The third-order valence-corrected chi connectivity index (χ3v) is 3.43. The number of nitrogens with one attached hydrogen (secondary N) is 1. The smallest absolute Gasteiger partial charge is 0.261 e. The van der Waals surface area contributed by atoms with E-state index in [2.05, 4.69) is 10.3 Å². The average molecular weight is 234 g/mol. The maximum Gasteiger partial charge on any atom is 0.261 e. The van der Waals surface area contributed by atoms with Crippen LogP contribution < -0.4 is 5.32 Å². The SMILES string of the molecule is CCNC(=O)c1cc2c(C)cc(C)nc2s1. The highest BCUT2D eigenvalue weighted by molar-refractivity contribution is 7.20. The summed E-state index contributed by atoms with van der Waals surface area (Å²) in [6.07, 6.45) is 0. The van der Waals surface area contributed by atoms with Gasteiger partial charge in [-0.25, -0.2) is 4.98 Å². The molecular formula is C12H14N2OS. The summed E-state index contributed by atoms with van der Waals surface area (Å²) in [7, 11) is 0.